The Bertz CT molecular complexity index is 901. The highest BCUT2D eigenvalue weighted by Gasteiger charge is 2.22. The van der Waals surface area contributed by atoms with Gasteiger partial charge in [-0.25, -0.2) is 0 Å². The standard InChI is InChI=1S/C24H27N3O3/c25-17-20-5-1-2-7-23(20)26-12-4-13-27(15-14-26)24(28)19-8-10-21(11-9-19)30-18-22-6-3-16-29-22/h1-2,5,7-11,22H,3-4,6,12-16,18H2/t22-/m0/s1. The van der Waals surface area contributed by atoms with Crippen LogP contribution in [0.15, 0.2) is 48.5 Å². The largest absolute Gasteiger partial charge is 0.491 e. The molecule has 1 atom stereocenters. The van der Waals surface area contributed by atoms with Crippen molar-refractivity contribution in [1.29, 1.82) is 5.26 Å². The van der Waals surface area contributed by atoms with Gasteiger partial charge in [-0.05, 0) is 55.7 Å². The van der Waals surface area contributed by atoms with E-state index in [1.165, 1.54) is 0 Å². The highest BCUT2D eigenvalue weighted by molar-refractivity contribution is 5.94. The van der Waals surface area contributed by atoms with E-state index in [4.69, 9.17) is 9.47 Å². The summed E-state index contributed by atoms with van der Waals surface area (Å²) in [7, 11) is 0. The molecule has 2 saturated heterocycles. The van der Waals surface area contributed by atoms with Crippen LogP contribution in [-0.4, -0.2) is 56.3 Å². The van der Waals surface area contributed by atoms with Crippen LogP contribution in [0.1, 0.15) is 35.2 Å². The van der Waals surface area contributed by atoms with Gasteiger partial charge in [0.15, 0.2) is 0 Å². The van der Waals surface area contributed by atoms with Gasteiger partial charge in [-0.3, -0.25) is 4.79 Å². The summed E-state index contributed by atoms with van der Waals surface area (Å²) in [4.78, 5) is 17.1. The van der Waals surface area contributed by atoms with Crippen LogP contribution in [0.2, 0.25) is 0 Å². The molecule has 2 aromatic carbocycles. The van der Waals surface area contributed by atoms with Crippen LogP contribution in [0.5, 0.6) is 5.75 Å². The summed E-state index contributed by atoms with van der Waals surface area (Å²) in [5.41, 5.74) is 2.29. The number of nitrogens with zero attached hydrogens (tertiary/aromatic N) is 3. The van der Waals surface area contributed by atoms with Gasteiger partial charge in [0.25, 0.3) is 5.91 Å². The van der Waals surface area contributed by atoms with Crippen molar-refractivity contribution < 1.29 is 14.3 Å². The Morgan fingerprint density at radius 2 is 1.90 bits per heavy atom. The Kier molecular flexibility index (Phi) is 6.50. The molecule has 0 aliphatic carbocycles. The van der Waals surface area contributed by atoms with Crippen LogP contribution < -0.4 is 9.64 Å². The average molecular weight is 405 g/mol. The number of anilines is 1. The van der Waals surface area contributed by atoms with Crippen molar-refractivity contribution in [1.82, 2.24) is 4.90 Å². The highest BCUT2D eigenvalue weighted by Crippen LogP contribution is 2.22. The van der Waals surface area contributed by atoms with Crippen molar-refractivity contribution in [3.05, 3.63) is 59.7 Å². The monoisotopic (exact) mass is 405 g/mol. The van der Waals surface area contributed by atoms with Crippen molar-refractivity contribution in [3.63, 3.8) is 0 Å². The second-order valence-electron chi connectivity index (χ2n) is 7.73. The predicted molar refractivity (Wildman–Crippen MR) is 115 cm³/mol. The predicted octanol–water partition coefficient (Wildman–Crippen LogP) is 3.47. The average Bonchev–Trinajstić information content (AvgIpc) is 3.20. The van der Waals surface area contributed by atoms with E-state index in [2.05, 4.69) is 11.0 Å². The highest BCUT2D eigenvalue weighted by atomic mass is 16.5. The zero-order chi connectivity index (χ0) is 20.8. The van der Waals surface area contributed by atoms with E-state index in [0.717, 1.165) is 43.9 Å². The number of ether oxygens (including phenoxy) is 2. The number of amides is 1. The molecule has 0 spiro atoms. The number of para-hydroxylation sites is 1. The minimum atomic E-state index is 0.0381. The van der Waals surface area contributed by atoms with E-state index < -0.39 is 0 Å². The third kappa shape index (κ3) is 4.74. The molecule has 2 aliphatic heterocycles. The Labute approximate surface area is 177 Å². The summed E-state index contributed by atoms with van der Waals surface area (Å²) >= 11 is 0. The molecule has 1 amide bonds. The normalized spacial score (nSPS) is 19.2. The molecule has 2 fully saturated rings. The quantitative estimate of drug-likeness (QED) is 0.762. The number of rotatable bonds is 5. The molecule has 6 nitrogen and oxygen atoms in total. The minimum Gasteiger partial charge on any atom is -0.491 e. The summed E-state index contributed by atoms with van der Waals surface area (Å²) in [5, 5.41) is 9.37. The van der Waals surface area contributed by atoms with Crippen molar-refractivity contribution in [2.45, 2.75) is 25.4 Å². The van der Waals surface area contributed by atoms with E-state index in [1.54, 1.807) is 0 Å². The van der Waals surface area contributed by atoms with Gasteiger partial charge < -0.3 is 19.3 Å². The maximum absolute atomic E-state index is 13.0. The summed E-state index contributed by atoms with van der Waals surface area (Å²) in [5.74, 6) is 0.799. The number of carbonyl (C=O) groups is 1. The number of hydrogen-bond acceptors (Lipinski definition) is 5. The summed E-state index contributed by atoms with van der Waals surface area (Å²) in [6.07, 6.45) is 3.18. The van der Waals surface area contributed by atoms with Crippen LogP contribution in [0.3, 0.4) is 0 Å². The van der Waals surface area contributed by atoms with E-state index in [-0.39, 0.29) is 12.0 Å². The van der Waals surface area contributed by atoms with Gasteiger partial charge in [0.1, 0.15) is 18.4 Å². The van der Waals surface area contributed by atoms with Crippen molar-refractivity contribution in [2.75, 3.05) is 44.3 Å². The maximum atomic E-state index is 13.0. The second kappa shape index (κ2) is 9.64. The van der Waals surface area contributed by atoms with E-state index >= 15 is 0 Å². The molecule has 4 rings (SSSR count). The fourth-order valence-corrected chi connectivity index (χ4v) is 4.05. The molecule has 0 bridgehead atoms. The SMILES string of the molecule is N#Cc1ccccc1N1CCCN(C(=O)c2ccc(OC[C@@H]3CCCO3)cc2)CC1. The molecule has 0 radical (unpaired) electrons. The Hall–Kier alpha value is -3.04. The van der Waals surface area contributed by atoms with Gasteiger partial charge in [0.2, 0.25) is 0 Å². The minimum absolute atomic E-state index is 0.0381. The molecule has 0 aromatic heterocycles. The van der Waals surface area contributed by atoms with Crippen LogP contribution in [0.4, 0.5) is 5.69 Å². The van der Waals surface area contributed by atoms with E-state index in [1.807, 2.05) is 53.4 Å². The molecule has 0 N–H and O–H groups in total. The summed E-state index contributed by atoms with van der Waals surface area (Å²) in [6, 6.07) is 17.3. The lowest BCUT2D eigenvalue weighted by atomic mass is 10.1. The smallest absolute Gasteiger partial charge is 0.253 e. The zero-order valence-electron chi connectivity index (χ0n) is 17.1. The van der Waals surface area contributed by atoms with Gasteiger partial charge in [-0.1, -0.05) is 12.1 Å². The molecular weight excluding hydrogens is 378 g/mol. The fraction of sp³-hybridized carbons (Fsp3) is 0.417. The van der Waals surface area contributed by atoms with Gasteiger partial charge in [-0.15, -0.1) is 0 Å². The Morgan fingerprint density at radius 1 is 1.07 bits per heavy atom. The number of nitriles is 1. The van der Waals surface area contributed by atoms with Gasteiger partial charge in [0.05, 0.1) is 17.4 Å². The van der Waals surface area contributed by atoms with Gasteiger partial charge in [0, 0.05) is 38.3 Å². The van der Waals surface area contributed by atoms with Crippen molar-refractivity contribution in [3.8, 4) is 11.8 Å². The zero-order valence-corrected chi connectivity index (χ0v) is 17.1. The number of benzene rings is 2. The first kappa shape index (κ1) is 20.2. The van der Waals surface area contributed by atoms with Crippen LogP contribution in [-0.2, 0) is 4.74 Å². The number of hydrogen-bond donors (Lipinski definition) is 0. The van der Waals surface area contributed by atoms with E-state index in [9.17, 15) is 10.1 Å². The van der Waals surface area contributed by atoms with Crippen molar-refractivity contribution in [2.24, 2.45) is 0 Å². The molecule has 2 aromatic rings. The van der Waals surface area contributed by atoms with Crippen LogP contribution >= 0.6 is 0 Å². The second-order valence-corrected chi connectivity index (χ2v) is 7.73. The Morgan fingerprint density at radius 3 is 2.67 bits per heavy atom. The molecule has 2 heterocycles. The topological polar surface area (TPSA) is 65.8 Å². The fourth-order valence-electron chi connectivity index (χ4n) is 4.05. The molecule has 156 valence electrons. The van der Waals surface area contributed by atoms with E-state index in [0.29, 0.717) is 37.4 Å². The van der Waals surface area contributed by atoms with Crippen molar-refractivity contribution >= 4 is 11.6 Å². The lowest BCUT2D eigenvalue weighted by molar-refractivity contribution is 0.0678. The third-order valence-corrected chi connectivity index (χ3v) is 5.71. The first-order chi connectivity index (χ1) is 14.7. The number of carbonyl (C=O) groups excluding carboxylic acids is 1. The lowest BCUT2D eigenvalue weighted by Gasteiger charge is -2.24. The molecule has 2 aliphatic rings. The van der Waals surface area contributed by atoms with Gasteiger partial charge >= 0.3 is 0 Å². The lowest BCUT2D eigenvalue weighted by Crippen LogP contribution is -2.35. The maximum Gasteiger partial charge on any atom is 0.253 e. The molecule has 0 saturated carbocycles. The molecule has 0 unspecified atom stereocenters. The Balaban J connectivity index is 1.35. The molecule has 30 heavy (non-hydrogen) atoms. The first-order valence-electron chi connectivity index (χ1n) is 10.6. The summed E-state index contributed by atoms with van der Waals surface area (Å²) in [6.45, 7) is 4.26. The van der Waals surface area contributed by atoms with Crippen LogP contribution in [0, 0.1) is 11.3 Å². The first-order valence-corrected chi connectivity index (χ1v) is 10.6. The van der Waals surface area contributed by atoms with Gasteiger partial charge in [-0.2, -0.15) is 5.26 Å². The molecule has 6 heteroatoms. The summed E-state index contributed by atoms with van der Waals surface area (Å²) < 4.78 is 11.4. The molecular formula is C24H27N3O3. The van der Waals surface area contributed by atoms with Crippen LogP contribution in [0.25, 0.3) is 0 Å². The third-order valence-electron chi connectivity index (χ3n) is 5.71.